The third-order valence-electron chi connectivity index (χ3n) is 10.2. The lowest BCUT2D eigenvalue weighted by atomic mass is 9.88. The third kappa shape index (κ3) is 5.02. The van der Waals surface area contributed by atoms with E-state index in [1.165, 1.54) is 39.0 Å². The maximum absolute atomic E-state index is 6.94. The first kappa shape index (κ1) is 31.9. The predicted octanol–water partition coefficient (Wildman–Crippen LogP) is 11.5. The summed E-state index contributed by atoms with van der Waals surface area (Å²) in [4.78, 5) is 9.70. The van der Waals surface area contributed by atoms with Crippen LogP contribution in [0.3, 0.4) is 0 Å². The van der Waals surface area contributed by atoms with Gasteiger partial charge in [0.2, 0.25) is 0 Å². The van der Waals surface area contributed by atoms with E-state index in [9.17, 15) is 0 Å². The Morgan fingerprint density at radius 2 is 1.44 bits per heavy atom. The fourth-order valence-electron chi connectivity index (χ4n) is 7.54. The minimum absolute atomic E-state index is 0.146. The van der Waals surface area contributed by atoms with Crippen molar-refractivity contribution in [2.45, 2.75) is 72.6 Å². The second-order valence-corrected chi connectivity index (χ2v) is 15.5. The van der Waals surface area contributed by atoms with Crippen LogP contribution in [-0.4, -0.2) is 14.5 Å². The molecule has 0 atom stereocenters. The van der Waals surface area contributed by atoms with Gasteiger partial charge in [0.15, 0.2) is 16.6 Å². The second kappa shape index (κ2) is 11.7. The lowest BCUT2D eigenvalue weighted by molar-refractivity contribution is -0.633. The Morgan fingerprint density at radius 1 is 0.760 bits per heavy atom. The van der Waals surface area contributed by atoms with Gasteiger partial charge in [-0.05, 0) is 65.8 Å². The quantitative estimate of drug-likeness (QED) is 0.173. The zero-order valence-corrected chi connectivity index (χ0v) is 30.6. The van der Waals surface area contributed by atoms with Crippen LogP contribution in [0.2, 0.25) is 0 Å². The van der Waals surface area contributed by atoms with Crippen molar-refractivity contribution < 1.29 is 8.98 Å². The number of hydrogen-bond acceptors (Lipinski definition) is 3. The fraction of sp³-hybridized carbons (Fsp3) is 0.267. The van der Waals surface area contributed by atoms with Gasteiger partial charge in [-0.3, -0.25) is 0 Å². The van der Waals surface area contributed by atoms with Crippen LogP contribution in [0.1, 0.15) is 82.8 Å². The molecule has 0 fully saturated rings. The summed E-state index contributed by atoms with van der Waals surface area (Å²) in [5.74, 6) is 2.51. The topological polar surface area (TPSA) is 47.7 Å². The molecule has 5 heteroatoms. The zero-order valence-electron chi connectivity index (χ0n) is 30.6. The summed E-state index contributed by atoms with van der Waals surface area (Å²) in [6.07, 6.45) is 1.95. The van der Waals surface area contributed by atoms with Gasteiger partial charge < -0.3 is 4.42 Å². The number of nitrogens with zero attached hydrogens (tertiary/aromatic N) is 4. The van der Waals surface area contributed by atoms with Gasteiger partial charge in [0.25, 0.3) is 5.82 Å². The highest BCUT2D eigenvalue weighted by atomic mass is 16.3. The summed E-state index contributed by atoms with van der Waals surface area (Å²) < 4.78 is 11.8. The van der Waals surface area contributed by atoms with E-state index in [1.807, 2.05) is 6.20 Å². The molecule has 5 aromatic carbocycles. The summed E-state index contributed by atoms with van der Waals surface area (Å²) in [5.41, 5.74) is 13.5. The number of benzene rings is 5. The number of aromatic nitrogens is 4. The van der Waals surface area contributed by atoms with E-state index in [2.05, 4.69) is 163 Å². The molecule has 0 saturated heterocycles. The standard InChI is InChI=1S/C45H45N4O/c1-26(2)33-21-30(29-15-11-10-12-16-29)22-34(27(3)4)41(33)49-38-18-14-13-17-37(38)48(9)43(49)40-28(5)19-20-32-35-23-31-25-46-44(45(6,7)8)47-36(31)24-39(35)50-42(32)40/h10-27H,1-9H3/q+1. The molecule has 0 radical (unpaired) electrons. The molecule has 8 rings (SSSR count). The van der Waals surface area contributed by atoms with Crippen LogP contribution in [0.15, 0.2) is 102 Å². The molecule has 3 aromatic heterocycles. The van der Waals surface area contributed by atoms with Gasteiger partial charge >= 0.3 is 0 Å². The average molecular weight is 658 g/mol. The van der Waals surface area contributed by atoms with Crippen LogP contribution in [0, 0.1) is 6.92 Å². The Morgan fingerprint density at radius 3 is 2.12 bits per heavy atom. The molecule has 8 aromatic rings. The predicted molar refractivity (Wildman–Crippen MR) is 207 cm³/mol. The molecule has 0 aliphatic heterocycles. The van der Waals surface area contributed by atoms with Crippen LogP contribution in [-0.2, 0) is 12.5 Å². The molecule has 0 aliphatic carbocycles. The van der Waals surface area contributed by atoms with Gasteiger partial charge in [-0.15, -0.1) is 0 Å². The molecule has 250 valence electrons. The smallest absolute Gasteiger partial charge is 0.299 e. The first-order chi connectivity index (χ1) is 23.9. The van der Waals surface area contributed by atoms with Gasteiger partial charge in [-0.1, -0.05) is 103 Å². The highest BCUT2D eigenvalue weighted by Gasteiger charge is 2.34. The minimum atomic E-state index is -0.146. The van der Waals surface area contributed by atoms with Crippen LogP contribution < -0.4 is 4.57 Å². The van der Waals surface area contributed by atoms with Gasteiger partial charge in [0.1, 0.15) is 22.7 Å². The summed E-state index contributed by atoms with van der Waals surface area (Å²) >= 11 is 0. The normalized spacial score (nSPS) is 12.5. The molecule has 0 N–H and O–H groups in total. The summed E-state index contributed by atoms with van der Waals surface area (Å²) in [6, 6.07) is 33.1. The number of para-hydroxylation sites is 2. The van der Waals surface area contributed by atoms with E-state index in [0.717, 1.165) is 55.6 Å². The lowest BCUT2D eigenvalue weighted by Crippen LogP contribution is -2.30. The number of fused-ring (bicyclic) bond motifs is 5. The van der Waals surface area contributed by atoms with Crippen LogP contribution in [0.5, 0.6) is 0 Å². The van der Waals surface area contributed by atoms with Crippen molar-refractivity contribution in [3.63, 3.8) is 0 Å². The fourth-order valence-corrected chi connectivity index (χ4v) is 7.54. The van der Waals surface area contributed by atoms with Crippen LogP contribution >= 0.6 is 0 Å². The Kier molecular flexibility index (Phi) is 7.45. The number of furan rings is 1. The molecule has 0 aliphatic rings. The SMILES string of the molecule is Cc1ccc2c(oc3cc4nc(C(C)(C)C)ncc4cc32)c1-c1n(-c2c(C(C)C)cc(-c3ccccc3)cc2C(C)C)c2ccccc2[n+]1C. The highest BCUT2D eigenvalue weighted by Crippen LogP contribution is 2.43. The van der Waals surface area contributed by atoms with Gasteiger partial charge in [-0.25, -0.2) is 14.5 Å². The van der Waals surface area contributed by atoms with Crippen molar-refractivity contribution in [2.75, 3.05) is 0 Å². The first-order valence-corrected chi connectivity index (χ1v) is 17.8. The summed E-state index contributed by atoms with van der Waals surface area (Å²) in [7, 11) is 2.19. The monoisotopic (exact) mass is 657 g/mol. The van der Waals surface area contributed by atoms with Crippen molar-refractivity contribution in [3.8, 4) is 28.2 Å². The molecule has 0 bridgehead atoms. The van der Waals surface area contributed by atoms with Crippen molar-refractivity contribution >= 4 is 43.9 Å². The number of aryl methyl sites for hydroxylation is 2. The number of rotatable bonds is 5. The molecular weight excluding hydrogens is 613 g/mol. The van der Waals surface area contributed by atoms with Crippen LogP contribution in [0.25, 0.3) is 72.1 Å². The maximum Gasteiger partial charge on any atom is 0.299 e. The van der Waals surface area contributed by atoms with E-state index in [4.69, 9.17) is 14.4 Å². The maximum atomic E-state index is 6.94. The second-order valence-electron chi connectivity index (χ2n) is 15.5. The average Bonchev–Trinajstić information content (AvgIpc) is 3.60. The molecule has 5 nitrogen and oxygen atoms in total. The molecule has 0 spiro atoms. The van der Waals surface area contributed by atoms with Gasteiger partial charge in [0, 0.05) is 45.0 Å². The number of hydrogen-bond donors (Lipinski definition) is 0. The Balaban J connectivity index is 1.48. The largest absolute Gasteiger partial charge is 0.455 e. The van der Waals surface area contributed by atoms with E-state index >= 15 is 0 Å². The molecule has 0 saturated carbocycles. The van der Waals surface area contributed by atoms with E-state index in [-0.39, 0.29) is 5.41 Å². The first-order valence-electron chi connectivity index (χ1n) is 17.8. The lowest BCUT2D eigenvalue weighted by Gasteiger charge is -2.21. The molecule has 0 unspecified atom stereocenters. The van der Waals surface area contributed by atoms with E-state index in [0.29, 0.717) is 11.8 Å². The van der Waals surface area contributed by atoms with Crippen molar-refractivity contribution in [3.05, 3.63) is 120 Å². The summed E-state index contributed by atoms with van der Waals surface area (Å²) in [6.45, 7) is 17.9. The van der Waals surface area contributed by atoms with Gasteiger partial charge in [0.05, 0.1) is 12.6 Å². The molecule has 3 heterocycles. The highest BCUT2D eigenvalue weighted by molar-refractivity contribution is 6.13. The molecule has 50 heavy (non-hydrogen) atoms. The minimum Gasteiger partial charge on any atom is -0.455 e. The van der Waals surface area contributed by atoms with Crippen molar-refractivity contribution in [1.82, 2.24) is 14.5 Å². The van der Waals surface area contributed by atoms with E-state index in [1.54, 1.807) is 0 Å². The Bertz CT molecular complexity index is 2570. The Hall–Kier alpha value is -5.29. The van der Waals surface area contributed by atoms with Gasteiger partial charge in [-0.2, -0.15) is 4.57 Å². The molecule has 0 amide bonds. The third-order valence-corrected chi connectivity index (χ3v) is 10.2. The van der Waals surface area contributed by atoms with Crippen molar-refractivity contribution in [1.29, 1.82) is 0 Å². The van der Waals surface area contributed by atoms with Crippen molar-refractivity contribution in [2.24, 2.45) is 7.05 Å². The summed E-state index contributed by atoms with van der Waals surface area (Å²) in [5, 5.41) is 3.17. The van der Waals surface area contributed by atoms with E-state index < -0.39 is 0 Å². The van der Waals surface area contributed by atoms with Crippen LogP contribution in [0.4, 0.5) is 0 Å². The Labute approximate surface area is 294 Å². The number of imidazole rings is 1. The zero-order chi connectivity index (χ0) is 35.1. The molecular formula is C45H45N4O+.